The molecule has 1 atom stereocenters. The van der Waals surface area contributed by atoms with Crippen LogP contribution < -0.4 is 5.32 Å². The highest BCUT2D eigenvalue weighted by atomic mass is 79.9. The van der Waals surface area contributed by atoms with E-state index in [1.807, 2.05) is 12.3 Å². The predicted octanol–water partition coefficient (Wildman–Crippen LogP) is 3.29. The summed E-state index contributed by atoms with van der Waals surface area (Å²) in [7, 11) is 4.14. The molecule has 0 bridgehead atoms. The molecule has 118 valence electrons. The van der Waals surface area contributed by atoms with Crippen LogP contribution in [-0.4, -0.2) is 42.1 Å². The molecule has 1 aliphatic carbocycles. The Kier molecular flexibility index (Phi) is 5.49. The Morgan fingerprint density at radius 3 is 2.67 bits per heavy atom. The second kappa shape index (κ2) is 6.97. The van der Waals surface area contributed by atoms with E-state index in [1.165, 1.54) is 12.8 Å². The number of rotatable bonds is 7. The zero-order valence-electron chi connectivity index (χ0n) is 13.4. The van der Waals surface area contributed by atoms with Crippen LogP contribution in [0.4, 0.5) is 0 Å². The summed E-state index contributed by atoms with van der Waals surface area (Å²) >= 11 is 3.47. The van der Waals surface area contributed by atoms with Gasteiger partial charge in [-0.2, -0.15) is 0 Å². The van der Waals surface area contributed by atoms with Gasteiger partial charge in [0, 0.05) is 29.3 Å². The van der Waals surface area contributed by atoms with Gasteiger partial charge in [0.1, 0.15) is 5.69 Å². The second-order valence-corrected chi connectivity index (χ2v) is 7.55. The van der Waals surface area contributed by atoms with Gasteiger partial charge in [0.05, 0.1) is 0 Å². The molecule has 21 heavy (non-hydrogen) atoms. The largest absolute Gasteiger partial charge is 0.349 e. The van der Waals surface area contributed by atoms with E-state index >= 15 is 0 Å². The first-order valence-electron chi connectivity index (χ1n) is 7.70. The fraction of sp³-hybridized carbons (Fsp3) is 0.688. The number of nitrogens with one attached hydrogen (secondary N) is 1. The fourth-order valence-electron chi connectivity index (χ4n) is 2.60. The normalized spacial score (nSPS) is 16.5. The second-order valence-electron chi connectivity index (χ2n) is 6.64. The molecule has 1 aliphatic rings. The van der Waals surface area contributed by atoms with E-state index in [0.29, 0.717) is 24.5 Å². The predicted molar refractivity (Wildman–Crippen MR) is 89.7 cm³/mol. The van der Waals surface area contributed by atoms with Gasteiger partial charge in [-0.25, -0.2) is 0 Å². The lowest BCUT2D eigenvalue weighted by atomic mass is 10.0. The highest BCUT2D eigenvalue weighted by Crippen LogP contribution is 2.37. The number of aromatic nitrogens is 1. The number of halogens is 1. The molecule has 2 rings (SSSR count). The van der Waals surface area contributed by atoms with Gasteiger partial charge in [0.15, 0.2) is 0 Å². The minimum Gasteiger partial charge on any atom is -0.349 e. The SMILES string of the molecule is CC(C)CC(CNC(=O)c1cc(Br)cn1C1CC1)N(C)C. The summed E-state index contributed by atoms with van der Waals surface area (Å²) in [4.78, 5) is 14.6. The summed E-state index contributed by atoms with van der Waals surface area (Å²) < 4.78 is 3.08. The van der Waals surface area contributed by atoms with Crippen LogP contribution in [0, 0.1) is 5.92 Å². The molecule has 1 heterocycles. The molecule has 0 saturated heterocycles. The van der Waals surface area contributed by atoms with Gasteiger partial charge < -0.3 is 14.8 Å². The summed E-state index contributed by atoms with van der Waals surface area (Å²) in [6, 6.07) is 2.81. The van der Waals surface area contributed by atoms with Gasteiger partial charge in [-0.05, 0) is 61.3 Å². The quantitative estimate of drug-likeness (QED) is 0.814. The van der Waals surface area contributed by atoms with Crippen LogP contribution in [0.5, 0.6) is 0 Å². The average molecular weight is 356 g/mol. The maximum Gasteiger partial charge on any atom is 0.268 e. The standard InChI is InChI=1S/C16H26BrN3O/c1-11(2)7-14(19(3)4)9-18-16(21)15-8-12(17)10-20(15)13-5-6-13/h8,10-11,13-14H,5-7,9H2,1-4H3,(H,18,21). The van der Waals surface area contributed by atoms with Crippen molar-refractivity contribution in [3.05, 3.63) is 22.4 Å². The van der Waals surface area contributed by atoms with Crippen LogP contribution in [0.25, 0.3) is 0 Å². The van der Waals surface area contributed by atoms with Crippen molar-refractivity contribution in [1.29, 1.82) is 0 Å². The first-order chi connectivity index (χ1) is 9.88. The third kappa shape index (κ3) is 4.58. The minimum atomic E-state index is 0.0307. The number of hydrogen-bond donors (Lipinski definition) is 1. The summed E-state index contributed by atoms with van der Waals surface area (Å²) in [5.41, 5.74) is 0.770. The number of hydrogen-bond acceptors (Lipinski definition) is 2. The van der Waals surface area contributed by atoms with Crippen molar-refractivity contribution in [1.82, 2.24) is 14.8 Å². The van der Waals surface area contributed by atoms with E-state index in [-0.39, 0.29) is 5.91 Å². The Hall–Kier alpha value is -0.810. The van der Waals surface area contributed by atoms with Crippen LogP contribution >= 0.6 is 15.9 Å². The minimum absolute atomic E-state index is 0.0307. The molecule has 0 spiro atoms. The van der Waals surface area contributed by atoms with Crippen molar-refractivity contribution >= 4 is 21.8 Å². The zero-order valence-corrected chi connectivity index (χ0v) is 15.0. The summed E-state index contributed by atoms with van der Waals surface area (Å²) in [5, 5.41) is 3.10. The van der Waals surface area contributed by atoms with E-state index in [0.717, 1.165) is 16.6 Å². The van der Waals surface area contributed by atoms with Gasteiger partial charge in [0.25, 0.3) is 5.91 Å². The third-order valence-corrected chi connectivity index (χ3v) is 4.39. The average Bonchev–Trinajstić information content (AvgIpc) is 3.16. The molecule has 1 N–H and O–H groups in total. The van der Waals surface area contributed by atoms with E-state index in [9.17, 15) is 4.79 Å². The van der Waals surface area contributed by atoms with Crippen molar-refractivity contribution in [3.8, 4) is 0 Å². The van der Waals surface area contributed by atoms with E-state index in [2.05, 4.69) is 58.7 Å². The number of carbonyl (C=O) groups is 1. The topological polar surface area (TPSA) is 37.3 Å². The van der Waals surface area contributed by atoms with E-state index < -0.39 is 0 Å². The van der Waals surface area contributed by atoms with Crippen molar-refractivity contribution in [2.75, 3.05) is 20.6 Å². The molecule has 0 aromatic carbocycles. The summed E-state index contributed by atoms with van der Waals surface area (Å²) in [6.45, 7) is 5.12. The Labute approximate surface area is 136 Å². The molecule has 1 amide bonds. The Morgan fingerprint density at radius 1 is 1.48 bits per heavy atom. The highest BCUT2D eigenvalue weighted by Gasteiger charge is 2.28. The number of nitrogens with zero attached hydrogens (tertiary/aromatic N) is 2. The molecule has 1 fully saturated rings. The summed E-state index contributed by atoms with van der Waals surface area (Å²) in [6.07, 6.45) is 5.45. The maximum atomic E-state index is 12.5. The van der Waals surface area contributed by atoms with E-state index in [4.69, 9.17) is 0 Å². The molecular weight excluding hydrogens is 330 g/mol. The van der Waals surface area contributed by atoms with Gasteiger partial charge in [-0.1, -0.05) is 13.8 Å². The van der Waals surface area contributed by atoms with Crippen LogP contribution in [-0.2, 0) is 0 Å². The lowest BCUT2D eigenvalue weighted by Crippen LogP contribution is -2.41. The zero-order chi connectivity index (χ0) is 15.6. The van der Waals surface area contributed by atoms with Gasteiger partial charge >= 0.3 is 0 Å². The molecule has 0 radical (unpaired) electrons. The van der Waals surface area contributed by atoms with Crippen LogP contribution in [0.1, 0.15) is 49.6 Å². The molecule has 1 aromatic heterocycles. The van der Waals surface area contributed by atoms with E-state index in [1.54, 1.807) is 0 Å². The third-order valence-electron chi connectivity index (χ3n) is 3.96. The van der Waals surface area contributed by atoms with Crippen molar-refractivity contribution in [2.45, 2.75) is 45.2 Å². The van der Waals surface area contributed by atoms with Crippen molar-refractivity contribution in [2.24, 2.45) is 5.92 Å². The number of carbonyl (C=O) groups excluding carboxylic acids is 1. The number of amides is 1. The first-order valence-corrected chi connectivity index (χ1v) is 8.49. The molecule has 4 nitrogen and oxygen atoms in total. The van der Waals surface area contributed by atoms with Gasteiger partial charge in [0.2, 0.25) is 0 Å². The van der Waals surface area contributed by atoms with Crippen molar-refractivity contribution in [3.63, 3.8) is 0 Å². The molecule has 1 saturated carbocycles. The van der Waals surface area contributed by atoms with Crippen LogP contribution in [0.2, 0.25) is 0 Å². The molecule has 5 heteroatoms. The molecular formula is C16H26BrN3O. The lowest BCUT2D eigenvalue weighted by Gasteiger charge is -2.26. The summed E-state index contributed by atoms with van der Waals surface area (Å²) in [5.74, 6) is 0.655. The van der Waals surface area contributed by atoms with Gasteiger partial charge in [-0.15, -0.1) is 0 Å². The molecule has 0 aliphatic heterocycles. The first kappa shape index (κ1) is 16.6. The molecule has 1 unspecified atom stereocenters. The highest BCUT2D eigenvalue weighted by molar-refractivity contribution is 9.10. The molecule has 1 aromatic rings. The van der Waals surface area contributed by atoms with Gasteiger partial charge in [-0.3, -0.25) is 4.79 Å². The number of likely N-dealkylation sites (N-methyl/N-ethyl adjacent to an activating group) is 1. The Bertz CT molecular complexity index is 492. The monoisotopic (exact) mass is 355 g/mol. The maximum absolute atomic E-state index is 12.5. The Morgan fingerprint density at radius 2 is 2.14 bits per heavy atom. The smallest absolute Gasteiger partial charge is 0.268 e. The van der Waals surface area contributed by atoms with Crippen LogP contribution in [0.15, 0.2) is 16.7 Å². The Balaban J connectivity index is 1.97. The van der Waals surface area contributed by atoms with Crippen LogP contribution in [0.3, 0.4) is 0 Å². The van der Waals surface area contributed by atoms with Crippen molar-refractivity contribution < 1.29 is 4.79 Å². The lowest BCUT2D eigenvalue weighted by molar-refractivity contribution is 0.0929. The fourth-order valence-corrected chi connectivity index (χ4v) is 3.04.